The highest BCUT2D eigenvalue weighted by atomic mass is 35.5. The number of nitrogens with zero attached hydrogens (tertiary/aromatic N) is 2. The molecular formula is C27H31Cl2N3. The predicted molar refractivity (Wildman–Crippen MR) is 140 cm³/mol. The highest BCUT2D eigenvalue weighted by molar-refractivity contribution is 6.36. The van der Waals surface area contributed by atoms with Gasteiger partial charge >= 0.3 is 0 Å². The van der Waals surface area contributed by atoms with Gasteiger partial charge in [-0.15, -0.1) is 0 Å². The van der Waals surface area contributed by atoms with Crippen molar-refractivity contribution in [3.05, 3.63) is 64.3 Å². The maximum absolute atomic E-state index is 6.43. The first-order chi connectivity index (χ1) is 15.4. The van der Waals surface area contributed by atoms with Gasteiger partial charge in [-0.2, -0.15) is 0 Å². The normalized spacial score (nSPS) is 17.0. The average Bonchev–Trinajstić information content (AvgIpc) is 2.77. The Labute approximate surface area is 201 Å². The Morgan fingerprint density at radius 3 is 2.62 bits per heavy atom. The number of likely N-dealkylation sites (tertiary alicyclic amines) is 1. The van der Waals surface area contributed by atoms with Crippen molar-refractivity contribution in [2.24, 2.45) is 0 Å². The summed E-state index contributed by atoms with van der Waals surface area (Å²) in [5, 5.41) is 6.34. The van der Waals surface area contributed by atoms with Crippen LogP contribution in [-0.4, -0.2) is 35.6 Å². The third kappa shape index (κ3) is 4.80. The minimum absolute atomic E-state index is 0.408. The first-order valence-electron chi connectivity index (χ1n) is 11.4. The first-order valence-corrected chi connectivity index (χ1v) is 12.2. The van der Waals surface area contributed by atoms with Gasteiger partial charge in [-0.05, 0) is 92.7 Å². The van der Waals surface area contributed by atoms with Gasteiger partial charge in [-0.25, -0.2) is 0 Å². The lowest BCUT2D eigenvalue weighted by molar-refractivity contribution is 0.217. The molecule has 0 aliphatic carbocycles. The molecule has 1 atom stereocenters. The number of benzene rings is 2. The number of hydrogen-bond donors (Lipinski definition) is 1. The lowest BCUT2D eigenvalue weighted by Gasteiger charge is -2.34. The van der Waals surface area contributed by atoms with E-state index in [2.05, 4.69) is 41.9 Å². The molecule has 0 amide bonds. The summed E-state index contributed by atoms with van der Waals surface area (Å²) >= 11 is 12.9. The fourth-order valence-electron chi connectivity index (χ4n) is 4.56. The highest BCUT2D eigenvalue weighted by Crippen LogP contribution is 2.36. The molecule has 0 radical (unpaired) electrons. The van der Waals surface area contributed by atoms with Gasteiger partial charge in [-0.3, -0.25) is 4.98 Å². The van der Waals surface area contributed by atoms with Crippen LogP contribution in [0, 0.1) is 6.92 Å². The van der Waals surface area contributed by atoms with E-state index in [0.29, 0.717) is 16.1 Å². The molecule has 5 heteroatoms. The fourth-order valence-corrected chi connectivity index (χ4v) is 5.05. The van der Waals surface area contributed by atoms with Gasteiger partial charge in [0.15, 0.2) is 0 Å². The fraction of sp³-hybridized carbons (Fsp3) is 0.370. The van der Waals surface area contributed by atoms with Crippen molar-refractivity contribution in [3.8, 4) is 11.1 Å². The summed E-state index contributed by atoms with van der Waals surface area (Å²) < 4.78 is 0. The molecule has 4 rings (SSSR count). The Balaban J connectivity index is 1.78. The van der Waals surface area contributed by atoms with E-state index < -0.39 is 0 Å². The minimum Gasteiger partial charge on any atom is -0.380 e. The van der Waals surface area contributed by atoms with Crippen LogP contribution in [0.15, 0.2) is 43.1 Å². The number of hydrogen-bond acceptors (Lipinski definition) is 3. The second-order valence-electron chi connectivity index (χ2n) is 8.91. The topological polar surface area (TPSA) is 28.2 Å². The van der Waals surface area contributed by atoms with E-state index in [1.165, 1.54) is 25.8 Å². The van der Waals surface area contributed by atoms with Gasteiger partial charge < -0.3 is 10.2 Å². The molecule has 168 valence electrons. The number of rotatable bonds is 6. The van der Waals surface area contributed by atoms with Crippen LogP contribution in [0.1, 0.15) is 44.2 Å². The molecule has 1 aromatic heterocycles. The van der Waals surface area contributed by atoms with Crippen LogP contribution in [0.3, 0.4) is 0 Å². The van der Waals surface area contributed by atoms with Crippen LogP contribution in [0.5, 0.6) is 0 Å². The monoisotopic (exact) mass is 467 g/mol. The summed E-state index contributed by atoms with van der Waals surface area (Å²) in [4.78, 5) is 7.28. The summed E-state index contributed by atoms with van der Waals surface area (Å²) in [5.41, 5.74) is 7.15. The maximum Gasteiger partial charge on any atom is 0.0723 e. The molecule has 0 saturated carbocycles. The van der Waals surface area contributed by atoms with Crippen LogP contribution >= 0.6 is 23.2 Å². The van der Waals surface area contributed by atoms with Crippen molar-refractivity contribution in [3.63, 3.8) is 0 Å². The number of nitrogens with one attached hydrogen (secondary N) is 1. The zero-order valence-electron chi connectivity index (χ0n) is 19.1. The third-order valence-corrected chi connectivity index (χ3v) is 7.12. The van der Waals surface area contributed by atoms with E-state index in [9.17, 15) is 0 Å². The lowest BCUT2D eigenvalue weighted by Crippen LogP contribution is -2.42. The number of halogens is 2. The number of piperidine rings is 1. The molecule has 1 unspecified atom stereocenters. The molecular weight excluding hydrogens is 437 g/mol. The summed E-state index contributed by atoms with van der Waals surface area (Å²) in [5.74, 6) is 0. The van der Waals surface area contributed by atoms with Crippen LogP contribution in [-0.2, 0) is 0 Å². The summed E-state index contributed by atoms with van der Waals surface area (Å²) in [6.07, 6.45) is 5.52. The molecule has 2 heterocycles. The Hall–Kier alpha value is -2.07. The number of aromatic nitrogens is 1. The average molecular weight is 468 g/mol. The molecule has 2 aromatic carbocycles. The molecule has 3 aromatic rings. The molecule has 1 saturated heterocycles. The summed E-state index contributed by atoms with van der Waals surface area (Å²) in [6.45, 7) is 13.9. The van der Waals surface area contributed by atoms with Crippen molar-refractivity contribution in [2.45, 2.75) is 46.1 Å². The first kappa shape index (κ1) is 23.1. The number of pyridine rings is 1. The van der Waals surface area contributed by atoms with Gasteiger partial charge in [0.2, 0.25) is 0 Å². The molecule has 1 N–H and O–H groups in total. The number of allylic oxidation sites excluding steroid dienone is 1. The van der Waals surface area contributed by atoms with Crippen molar-refractivity contribution < 1.29 is 0 Å². The number of anilines is 1. The Morgan fingerprint density at radius 1 is 1.19 bits per heavy atom. The van der Waals surface area contributed by atoms with Crippen molar-refractivity contribution in [1.82, 2.24) is 9.88 Å². The van der Waals surface area contributed by atoms with Crippen LogP contribution in [0.4, 0.5) is 5.69 Å². The second kappa shape index (κ2) is 9.82. The van der Waals surface area contributed by atoms with Gasteiger partial charge in [-0.1, -0.05) is 42.8 Å². The molecule has 1 fully saturated rings. The molecule has 32 heavy (non-hydrogen) atoms. The molecule has 0 spiro atoms. The van der Waals surface area contributed by atoms with E-state index in [1.807, 2.05) is 32.2 Å². The molecule has 3 nitrogen and oxygen atoms in total. The highest BCUT2D eigenvalue weighted by Gasteiger charge is 2.21. The Morgan fingerprint density at radius 2 is 1.94 bits per heavy atom. The predicted octanol–water partition coefficient (Wildman–Crippen LogP) is 7.84. The van der Waals surface area contributed by atoms with Crippen LogP contribution in [0.25, 0.3) is 27.6 Å². The van der Waals surface area contributed by atoms with Crippen molar-refractivity contribution in [1.29, 1.82) is 0 Å². The third-order valence-electron chi connectivity index (χ3n) is 6.34. The summed E-state index contributed by atoms with van der Waals surface area (Å²) in [7, 11) is 0. The summed E-state index contributed by atoms with van der Waals surface area (Å²) in [6, 6.07) is 10.7. The largest absolute Gasteiger partial charge is 0.380 e. The minimum atomic E-state index is 0.408. The Bertz CT molecular complexity index is 1130. The van der Waals surface area contributed by atoms with Crippen molar-refractivity contribution in [2.75, 3.05) is 25.0 Å². The smallest absolute Gasteiger partial charge is 0.0723 e. The van der Waals surface area contributed by atoms with Gasteiger partial charge in [0.05, 0.1) is 11.2 Å². The van der Waals surface area contributed by atoms with E-state index >= 15 is 0 Å². The van der Waals surface area contributed by atoms with Gasteiger partial charge in [0, 0.05) is 39.8 Å². The van der Waals surface area contributed by atoms with E-state index in [0.717, 1.165) is 57.5 Å². The second-order valence-corrected chi connectivity index (χ2v) is 9.72. The van der Waals surface area contributed by atoms with Gasteiger partial charge in [0.25, 0.3) is 0 Å². The quantitative estimate of drug-likeness (QED) is 0.400. The van der Waals surface area contributed by atoms with E-state index in [1.54, 1.807) is 0 Å². The lowest BCUT2D eigenvalue weighted by atomic mass is 9.97. The molecule has 0 bridgehead atoms. The van der Waals surface area contributed by atoms with Crippen LogP contribution in [0.2, 0.25) is 10.0 Å². The van der Waals surface area contributed by atoms with Crippen LogP contribution < -0.4 is 5.32 Å². The number of fused-ring (bicyclic) bond motifs is 1. The van der Waals surface area contributed by atoms with Crippen molar-refractivity contribution >= 4 is 45.4 Å². The maximum atomic E-state index is 6.43. The van der Waals surface area contributed by atoms with E-state index in [-0.39, 0.29) is 0 Å². The standard InChI is InChI=1S/C27H31Cl2N3/c1-5-10-32-11-6-7-21(16-32)31-27-22-12-19(20-13-24(28)18(4)25(29)14-20)8-9-26(22)30-15-23(27)17(2)3/h8-9,12-15,21H,2,5-7,10-11,16H2,1,3-4H3,(H,30,31). The zero-order valence-corrected chi connectivity index (χ0v) is 20.7. The molecule has 1 aliphatic heterocycles. The zero-order chi connectivity index (χ0) is 22.8. The van der Waals surface area contributed by atoms with E-state index in [4.69, 9.17) is 28.2 Å². The Kier molecular flexibility index (Phi) is 7.09. The van der Waals surface area contributed by atoms with Gasteiger partial charge in [0.1, 0.15) is 0 Å². The molecule has 1 aliphatic rings. The SMILES string of the molecule is C=C(C)c1cnc2ccc(-c3cc(Cl)c(C)c(Cl)c3)cc2c1NC1CCCN(CCC)C1.